The van der Waals surface area contributed by atoms with Crippen LogP contribution in [-0.4, -0.2) is 37.2 Å². The standard InChI is InChI=1S/C72H120O6/c1-4-7-10-13-16-19-21-23-25-27-29-30-31-32-33-34-35-36-37-38-39-40-41-42-44-45-47-49-51-53-56-59-62-65-71(74)77-68-69(67-76-70(73)64-61-58-55-18-15-12-9-6-3)78-72(75)66-63-60-57-54-52-50-48-46-43-28-26-24-22-20-17-14-11-8-5-2/h7-8,10-11,16-17,19-20,23-26,29-30,43,46,50,52,57,60,69H,4-6,9,12-15,18,21-22,27-28,31-42,44-45,47-49,51,53-56,58-59,61-68H2,1-3H3/b10-7-,11-8-,19-16-,20-17-,25-23-,26-24-,30-29-,46-43-,52-50-,60-57-. The highest BCUT2D eigenvalue weighted by Crippen LogP contribution is 2.17. The van der Waals surface area contributed by atoms with Crippen molar-refractivity contribution in [1.29, 1.82) is 0 Å². The average molecular weight is 1080 g/mol. The molecule has 0 aromatic heterocycles. The van der Waals surface area contributed by atoms with Crippen LogP contribution in [0.1, 0.15) is 297 Å². The zero-order valence-corrected chi connectivity index (χ0v) is 50.9. The summed E-state index contributed by atoms with van der Waals surface area (Å²) in [5.41, 5.74) is 0. The molecule has 0 bridgehead atoms. The minimum absolute atomic E-state index is 0.106. The number of carbonyl (C=O) groups is 3. The van der Waals surface area contributed by atoms with Gasteiger partial charge in [0.1, 0.15) is 13.2 Å². The van der Waals surface area contributed by atoms with E-state index in [1.54, 1.807) is 0 Å². The molecule has 0 N–H and O–H groups in total. The van der Waals surface area contributed by atoms with Crippen LogP contribution < -0.4 is 0 Å². The molecule has 0 spiro atoms. The van der Waals surface area contributed by atoms with Crippen molar-refractivity contribution in [3.8, 4) is 0 Å². The van der Waals surface area contributed by atoms with E-state index in [9.17, 15) is 14.4 Å². The van der Waals surface area contributed by atoms with Gasteiger partial charge in [-0.15, -0.1) is 0 Å². The third kappa shape index (κ3) is 62.7. The Balaban J connectivity index is 4.13. The molecule has 6 nitrogen and oxygen atoms in total. The topological polar surface area (TPSA) is 78.9 Å². The van der Waals surface area contributed by atoms with E-state index >= 15 is 0 Å². The molecule has 78 heavy (non-hydrogen) atoms. The SMILES string of the molecule is CC/C=C\C/C=C\C/C=C\C/C=C\C/C=C\C/C=C\CCC(=O)OC(COC(=O)CCCCCCCCCC)COC(=O)CCCCCCCCCCCCCCCCCCCCCC/C=C\C/C=C\C/C=C\C/C=C\CC. The van der Waals surface area contributed by atoms with Crippen molar-refractivity contribution < 1.29 is 28.6 Å². The van der Waals surface area contributed by atoms with Gasteiger partial charge in [0.05, 0.1) is 0 Å². The van der Waals surface area contributed by atoms with Crippen molar-refractivity contribution in [3.05, 3.63) is 122 Å². The number of ether oxygens (including phenoxy) is 3. The molecule has 0 saturated carbocycles. The maximum atomic E-state index is 12.8. The summed E-state index contributed by atoms with van der Waals surface area (Å²) < 4.78 is 16.8. The Kier molecular flexibility index (Phi) is 61.8. The quantitative estimate of drug-likeness (QED) is 0.0261. The fourth-order valence-corrected chi connectivity index (χ4v) is 8.93. The predicted octanol–water partition coefficient (Wildman–Crippen LogP) is 22.4. The zero-order chi connectivity index (χ0) is 56.4. The van der Waals surface area contributed by atoms with Crippen LogP contribution >= 0.6 is 0 Å². The Labute approximate surface area is 482 Å². The highest BCUT2D eigenvalue weighted by Gasteiger charge is 2.19. The predicted molar refractivity (Wildman–Crippen MR) is 339 cm³/mol. The summed E-state index contributed by atoms with van der Waals surface area (Å²) in [5.74, 6) is -0.990. The van der Waals surface area contributed by atoms with Crippen molar-refractivity contribution >= 4 is 17.9 Å². The maximum absolute atomic E-state index is 12.8. The summed E-state index contributed by atoms with van der Waals surface area (Å²) >= 11 is 0. The molecule has 0 rings (SSSR count). The number of rotatable bonds is 58. The van der Waals surface area contributed by atoms with Crippen molar-refractivity contribution in [2.75, 3.05) is 13.2 Å². The van der Waals surface area contributed by atoms with E-state index in [2.05, 4.69) is 136 Å². The van der Waals surface area contributed by atoms with Crippen LogP contribution in [0.15, 0.2) is 122 Å². The highest BCUT2D eigenvalue weighted by atomic mass is 16.6. The van der Waals surface area contributed by atoms with Crippen LogP contribution in [-0.2, 0) is 28.6 Å². The fraction of sp³-hybridized carbons (Fsp3) is 0.681. The first-order valence-electron chi connectivity index (χ1n) is 32.5. The largest absolute Gasteiger partial charge is 0.462 e. The first kappa shape index (κ1) is 73.8. The smallest absolute Gasteiger partial charge is 0.306 e. The summed E-state index contributed by atoms with van der Waals surface area (Å²) in [6.45, 7) is 6.33. The molecule has 0 aliphatic carbocycles. The summed E-state index contributed by atoms with van der Waals surface area (Å²) in [6, 6.07) is 0. The number of esters is 3. The Morgan fingerprint density at radius 3 is 0.833 bits per heavy atom. The van der Waals surface area contributed by atoms with E-state index in [-0.39, 0.29) is 31.6 Å². The molecule has 0 aromatic carbocycles. The molecule has 0 amide bonds. The Hall–Kier alpha value is -4.19. The van der Waals surface area contributed by atoms with Gasteiger partial charge in [-0.3, -0.25) is 14.4 Å². The van der Waals surface area contributed by atoms with Crippen LogP contribution in [0.25, 0.3) is 0 Å². The number of hydrogen-bond donors (Lipinski definition) is 0. The second-order valence-corrected chi connectivity index (χ2v) is 21.3. The molecule has 0 aliphatic heterocycles. The van der Waals surface area contributed by atoms with Gasteiger partial charge in [-0.2, -0.15) is 0 Å². The molecular formula is C72H120O6. The van der Waals surface area contributed by atoms with E-state index < -0.39 is 12.1 Å². The Bertz CT molecular complexity index is 1620. The normalized spacial score (nSPS) is 12.9. The molecule has 0 aliphatic rings. The molecule has 1 unspecified atom stereocenters. The lowest BCUT2D eigenvalue weighted by Crippen LogP contribution is -2.30. The van der Waals surface area contributed by atoms with Gasteiger partial charge in [0, 0.05) is 19.3 Å². The molecule has 1 atom stereocenters. The molecular weight excluding hydrogens is 961 g/mol. The van der Waals surface area contributed by atoms with Crippen LogP contribution in [0.2, 0.25) is 0 Å². The zero-order valence-electron chi connectivity index (χ0n) is 50.9. The van der Waals surface area contributed by atoms with Gasteiger partial charge >= 0.3 is 17.9 Å². The van der Waals surface area contributed by atoms with Gasteiger partial charge in [-0.25, -0.2) is 0 Å². The van der Waals surface area contributed by atoms with Crippen LogP contribution in [0.5, 0.6) is 0 Å². The number of allylic oxidation sites excluding steroid dienone is 20. The number of carbonyl (C=O) groups excluding carboxylic acids is 3. The molecule has 0 fully saturated rings. The molecule has 0 radical (unpaired) electrons. The van der Waals surface area contributed by atoms with Gasteiger partial charge in [-0.1, -0.05) is 303 Å². The Morgan fingerprint density at radius 2 is 0.526 bits per heavy atom. The lowest BCUT2D eigenvalue weighted by Gasteiger charge is -2.18. The monoisotopic (exact) mass is 1080 g/mol. The van der Waals surface area contributed by atoms with E-state index in [0.717, 1.165) is 103 Å². The van der Waals surface area contributed by atoms with Gasteiger partial charge in [0.25, 0.3) is 0 Å². The van der Waals surface area contributed by atoms with Gasteiger partial charge in [0.2, 0.25) is 0 Å². The molecule has 0 saturated heterocycles. The molecule has 0 heterocycles. The van der Waals surface area contributed by atoms with E-state index in [0.29, 0.717) is 19.3 Å². The van der Waals surface area contributed by atoms with Crippen molar-refractivity contribution in [2.45, 2.75) is 303 Å². The first-order chi connectivity index (χ1) is 38.5. The summed E-state index contributed by atoms with van der Waals surface area (Å²) in [6.07, 6.45) is 91.1. The van der Waals surface area contributed by atoms with Crippen molar-refractivity contribution in [1.82, 2.24) is 0 Å². The van der Waals surface area contributed by atoms with Gasteiger partial charge in [0.15, 0.2) is 6.10 Å². The van der Waals surface area contributed by atoms with Gasteiger partial charge < -0.3 is 14.2 Å². The summed E-state index contributed by atoms with van der Waals surface area (Å²) in [7, 11) is 0. The Morgan fingerprint density at radius 1 is 0.269 bits per heavy atom. The third-order valence-corrected chi connectivity index (χ3v) is 13.7. The molecule has 444 valence electrons. The summed E-state index contributed by atoms with van der Waals surface area (Å²) in [5, 5.41) is 0. The van der Waals surface area contributed by atoms with E-state index in [4.69, 9.17) is 14.2 Å². The van der Waals surface area contributed by atoms with Gasteiger partial charge in [-0.05, 0) is 96.3 Å². The number of unbranched alkanes of at least 4 members (excludes halogenated alkanes) is 27. The number of hydrogen-bond acceptors (Lipinski definition) is 6. The van der Waals surface area contributed by atoms with E-state index in [1.165, 1.54) is 148 Å². The minimum atomic E-state index is -0.817. The summed E-state index contributed by atoms with van der Waals surface area (Å²) in [4.78, 5) is 38.1. The van der Waals surface area contributed by atoms with Crippen LogP contribution in [0.3, 0.4) is 0 Å². The second-order valence-electron chi connectivity index (χ2n) is 21.3. The van der Waals surface area contributed by atoms with Crippen LogP contribution in [0, 0.1) is 0 Å². The third-order valence-electron chi connectivity index (χ3n) is 13.7. The average Bonchev–Trinajstić information content (AvgIpc) is 3.44. The lowest BCUT2D eigenvalue weighted by atomic mass is 10.0. The van der Waals surface area contributed by atoms with Crippen molar-refractivity contribution in [2.24, 2.45) is 0 Å². The lowest BCUT2D eigenvalue weighted by molar-refractivity contribution is -0.166. The first-order valence-corrected chi connectivity index (χ1v) is 32.5. The fourth-order valence-electron chi connectivity index (χ4n) is 8.93. The molecule has 6 heteroatoms. The maximum Gasteiger partial charge on any atom is 0.306 e. The van der Waals surface area contributed by atoms with Crippen LogP contribution in [0.4, 0.5) is 0 Å². The highest BCUT2D eigenvalue weighted by molar-refractivity contribution is 5.71. The second kappa shape index (κ2) is 65.3. The minimum Gasteiger partial charge on any atom is -0.462 e. The molecule has 0 aromatic rings. The van der Waals surface area contributed by atoms with E-state index in [1.807, 2.05) is 6.08 Å². The van der Waals surface area contributed by atoms with Crippen molar-refractivity contribution in [3.63, 3.8) is 0 Å².